The Hall–Kier alpha value is -1.74. The van der Waals surface area contributed by atoms with Gasteiger partial charge in [0.15, 0.2) is 0 Å². The van der Waals surface area contributed by atoms with Crippen molar-refractivity contribution in [3.63, 3.8) is 0 Å². The van der Waals surface area contributed by atoms with Crippen molar-refractivity contribution in [3.8, 4) is 11.1 Å². The average molecular weight is 268 g/mol. The summed E-state index contributed by atoms with van der Waals surface area (Å²) in [5.74, 6) is 2.15. The van der Waals surface area contributed by atoms with Crippen LogP contribution in [0.2, 0.25) is 0 Å². The molecule has 0 amide bonds. The maximum atomic E-state index is 4.61. The van der Waals surface area contributed by atoms with Gasteiger partial charge in [0, 0.05) is 5.92 Å². The molecule has 2 aromatic carbocycles. The van der Waals surface area contributed by atoms with E-state index in [0.717, 1.165) is 22.6 Å². The summed E-state index contributed by atoms with van der Waals surface area (Å²) < 4.78 is 0. The van der Waals surface area contributed by atoms with Crippen molar-refractivity contribution in [3.05, 3.63) is 54.4 Å². The Kier molecular flexibility index (Phi) is 3.30. The fraction of sp³-hybridized carbons (Fsp3) is 0.188. The first kappa shape index (κ1) is 12.3. The smallest absolute Gasteiger partial charge is 0.110 e. The molecule has 1 aromatic heterocycles. The summed E-state index contributed by atoms with van der Waals surface area (Å²) in [6, 6.07) is 16.7. The van der Waals surface area contributed by atoms with E-state index >= 15 is 0 Å². The van der Waals surface area contributed by atoms with Crippen LogP contribution >= 0.6 is 12.6 Å². The molecule has 3 aromatic rings. The molecule has 1 unspecified atom stereocenters. The number of nitrogens with one attached hydrogen (secondary N) is 1. The lowest BCUT2D eigenvalue weighted by Gasteiger charge is -2.01. The highest BCUT2D eigenvalue weighted by atomic mass is 32.1. The Balaban J connectivity index is 2.06. The summed E-state index contributed by atoms with van der Waals surface area (Å²) in [7, 11) is 0. The normalized spacial score (nSPS) is 12.7. The minimum atomic E-state index is 0.343. The third-order valence-electron chi connectivity index (χ3n) is 3.35. The summed E-state index contributed by atoms with van der Waals surface area (Å²) in [5.41, 5.74) is 4.54. The third kappa shape index (κ3) is 2.38. The third-order valence-corrected chi connectivity index (χ3v) is 3.90. The lowest BCUT2D eigenvalue weighted by atomic mass is 10.1. The molecule has 0 radical (unpaired) electrons. The first-order valence-electron chi connectivity index (χ1n) is 6.44. The van der Waals surface area contributed by atoms with Gasteiger partial charge in [0.2, 0.25) is 0 Å². The number of fused-ring (bicyclic) bond motifs is 1. The molecule has 2 nitrogen and oxygen atoms in total. The fourth-order valence-corrected chi connectivity index (χ4v) is 2.33. The zero-order valence-electron chi connectivity index (χ0n) is 10.8. The lowest BCUT2D eigenvalue weighted by Crippen LogP contribution is -1.96. The van der Waals surface area contributed by atoms with Crippen molar-refractivity contribution in [2.45, 2.75) is 12.8 Å². The number of aromatic amines is 1. The van der Waals surface area contributed by atoms with Gasteiger partial charge in [-0.05, 0) is 29.0 Å². The number of nitrogens with zero attached hydrogens (tertiary/aromatic N) is 1. The largest absolute Gasteiger partial charge is 0.342 e. The van der Waals surface area contributed by atoms with Crippen molar-refractivity contribution >= 4 is 23.7 Å². The van der Waals surface area contributed by atoms with E-state index in [0.29, 0.717) is 5.92 Å². The maximum Gasteiger partial charge on any atom is 0.110 e. The van der Waals surface area contributed by atoms with Crippen molar-refractivity contribution < 1.29 is 0 Å². The van der Waals surface area contributed by atoms with Crippen LogP contribution in [0, 0.1) is 0 Å². The van der Waals surface area contributed by atoms with Crippen molar-refractivity contribution in [1.82, 2.24) is 9.97 Å². The topological polar surface area (TPSA) is 28.7 Å². The number of aromatic nitrogens is 2. The Labute approximate surface area is 118 Å². The second-order valence-electron chi connectivity index (χ2n) is 4.80. The lowest BCUT2D eigenvalue weighted by molar-refractivity contribution is 0.813. The zero-order chi connectivity index (χ0) is 13.2. The maximum absolute atomic E-state index is 4.61. The number of rotatable bonds is 3. The molecule has 96 valence electrons. The van der Waals surface area contributed by atoms with Crippen LogP contribution in [0.4, 0.5) is 0 Å². The van der Waals surface area contributed by atoms with Crippen LogP contribution < -0.4 is 0 Å². The van der Waals surface area contributed by atoms with Crippen LogP contribution in [0.15, 0.2) is 48.5 Å². The number of hydrogen-bond donors (Lipinski definition) is 2. The molecule has 1 N–H and O–H groups in total. The van der Waals surface area contributed by atoms with Crippen LogP contribution in [0.5, 0.6) is 0 Å². The fourth-order valence-electron chi connectivity index (χ4n) is 2.16. The molecular weight excluding hydrogens is 252 g/mol. The van der Waals surface area contributed by atoms with Gasteiger partial charge in [-0.3, -0.25) is 0 Å². The average Bonchev–Trinajstić information content (AvgIpc) is 2.90. The van der Waals surface area contributed by atoms with Crippen LogP contribution in [0.25, 0.3) is 22.2 Å². The molecule has 0 bridgehead atoms. The number of thiol groups is 1. The Bertz CT molecular complexity index is 688. The van der Waals surface area contributed by atoms with Gasteiger partial charge < -0.3 is 4.98 Å². The number of benzene rings is 2. The SMILES string of the molecule is CC(CS)c1nc2ccc(-c3ccccc3)cc2[nH]1. The summed E-state index contributed by atoms with van der Waals surface area (Å²) in [4.78, 5) is 8.01. The predicted molar refractivity (Wildman–Crippen MR) is 83.8 cm³/mol. The molecule has 1 heterocycles. The van der Waals surface area contributed by atoms with E-state index in [1.807, 2.05) is 6.07 Å². The van der Waals surface area contributed by atoms with Crippen molar-refractivity contribution in [2.75, 3.05) is 5.75 Å². The molecule has 0 aliphatic heterocycles. The second-order valence-corrected chi connectivity index (χ2v) is 5.17. The molecule has 1 atom stereocenters. The van der Waals surface area contributed by atoms with Crippen LogP contribution in [-0.2, 0) is 0 Å². The molecule has 0 spiro atoms. The molecule has 0 aliphatic rings. The summed E-state index contributed by atoms with van der Waals surface area (Å²) in [6.07, 6.45) is 0. The summed E-state index contributed by atoms with van der Waals surface area (Å²) >= 11 is 4.33. The molecule has 3 rings (SSSR count). The highest BCUT2D eigenvalue weighted by Gasteiger charge is 2.09. The summed E-state index contributed by atoms with van der Waals surface area (Å²) in [5, 5.41) is 0. The second kappa shape index (κ2) is 5.10. The minimum absolute atomic E-state index is 0.343. The van der Waals surface area contributed by atoms with Crippen molar-refractivity contribution in [1.29, 1.82) is 0 Å². The minimum Gasteiger partial charge on any atom is -0.342 e. The van der Waals surface area contributed by atoms with Crippen LogP contribution in [-0.4, -0.2) is 15.7 Å². The van der Waals surface area contributed by atoms with Gasteiger partial charge in [0.05, 0.1) is 11.0 Å². The number of imidazole rings is 1. The van der Waals surface area contributed by atoms with E-state index in [-0.39, 0.29) is 0 Å². The molecule has 19 heavy (non-hydrogen) atoms. The van der Waals surface area contributed by atoms with E-state index in [9.17, 15) is 0 Å². The Morgan fingerprint density at radius 3 is 2.63 bits per heavy atom. The van der Waals surface area contributed by atoms with Crippen molar-refractivity contribution in [2.24, 2.45) is 0 Å². The highest BCUT2D eigenvalue weighted by molar-refractivity contribution is 7.80. The van der Waals surface area contributed by atoms with Crippen LogP contribution in [0.1, 0.15) is 18.7 Å². The van der Waals surface area contributed by atoms with Gasteiger partial charge in [-0.2, -0.15) is 12.6 Å². The van der Waals surface area contributed by atoms with Gasteiger partial charge in [-0.15, -0.1) is 0 Å². The Morgan fingerprint density at radius 1 is 1.11 bits per heavy atom. The highest BCUT2D eigenvalue weighted by Crippen LogP contribution is 2.24. The van der Waals surface area contributed by atoms with Crippen LogP contribution in [0.3, 0.4) is 0 Å². The van der Waals surface area contributed by atoms with E-state index in [1.54, 1.807) is 0 Å². The van der Waals surface area contributed by atoms with E-state index in [4.69, 9.17) is 0 Å². The van der Waals surface area contributed by atoms with Gasteiger partial charge in [-0.1, -0.05) is 43.3 Å². The first-order chi connectivity index (χ1) is 9.28. The van der Waals surface area contributed by atoms with Gasteiger partial charge in [-0.25, -0.2) is 4.98 Å². The summed E-state index contributed by atoms with van der Waals surface area (Å²) in [6.45, 7) is 2.13. The van der Waals surface area contributed by atoms with E-state index in [1.165, 1.54) is 11.1 Å². The number of hydrogen-bond acceptors (Lipinski definition) is 2. The van der Waals surface area contributed by atoms with E-state index in [2.05, 4.69) is 72.0 Å². The Morgan fingerprint density at radius 2 is 1.89 bits per heavy atom. The van der Waals surface area contributed by atoms with E-state index < -0.39 is 0 Å². The molecular formula is C16H16N2S. The van der Waals surface area contributed by atoms with Gasteiger partial charge in [0.1, 0.15) is 5.82 Å². The molecule has 0 saturated heterocycles. The van der Waals surface area contributed by atoms with Gasteiger partial charge in [0.25, 0.3) is 0 Å². The molecule has 3 heteroatoms. The predicted octanol–water partition coefficient (Wildman–Crippen LogP) is 4.26. The number of H-pyrrole nitrogens is 1. The molecule has 0 saturated carbocycles. The molecule has 0 aliphatic carbocycles. The first-order valence-corrected chi connectivity index (χ1v) is 7.07. The quantitative estimate of drug-likeness (QED) is 0.683. The van der Waals surface area contributed by atoms with Gasteiger partial charge >= 0.3 is 0 Å². The monoisotopic (exact) mass is 268 g/mol. The zero-order valence-corrected chi connectivity index (χ0v) is 11.7. The molecule has 0 fully saturated rings. The standard InChI is InChI=1S/C16H16N2S/c1-11(10-19)16-17-14-8-7-13(9-15(14)18-16)12-5-3-2-4-6-12/h2-9,11,19H,10H2,1H3,(H,17,18).